The van der Waals surface area contributed by atoms with Crippen LogP contribution in [0.2, 0.25) is 0 Å². The van der Waals surface area contributed by atoms with Gasteiger partial charge in [0.1, 0.15) is 0 Å². The Morgan fingerprint density at radius 2 is 2.29 bits per heavy atom. The molecule has 2 unspecified atom stereocenters. The fourth-order valence-electron chi connectivity index (χ4n) is 1.88. The van der Waals surface area contributed by atoms with E-state index in [2.05, 4.69) is 13.8 Å². The van der Waals surface area contributed by atoms with E-state index in [9.17, 15) is 4.79 Å². The molecule has 3 nitrogen and oxygen atoms in total. The Morgan fingerprint density at radius 1 is 1.57 bits per heavy atom. The lowest BCUT2D eigenvalue weighted by molar-refractivity contribution is -0.133. The summed E-state index contributed by atoms with van der Waals surface area (Å²) in [6.07, 6.45) is 3.77. The van der Waals surface area contributed by atoms with Gasteiger partial charge in [0.05, 0.1) is 0 Å². The molecule has 0 aromatic heterocycles. The highest BCUT2D eigenvalue weighted by molar-refractivity contribution is 5.76. The molecule has 1 amide bonds. The van der Waals surface area contributed by atoms with E-state index in [4.69, 9.17) is 5.73 Å². The fraction of sp³-hybridized carbons (Fsp3) is 0.909. The molecule has 1 saturated heterocycles. The number of hydrogen-bond donors (Lipinski definition) is 1. The summed E-state index contributed by atoms with van der Waals surface area (Å²) in [5, 5.41) is 0. The van der Waals surface area contributed by atoms with E-state index in [0.29, 0.717) is 18.2 Å². The summed E-state index contributed by atoms with van der Waals surface area (Å²) >= 11 is 0. The maximum Gasteiger partial charge on any atom is 0.222 e. The molecule has 0 aromatic carbocycles. The second-order valence-electron chi connectivity index (χ2n) is 4.37. The highest BCUT2D eigenvalue weighted by atomic mass is 16.2. The summed E-state index contributed by atoms with van der Waals surface area (Å²) in [5.41, 5.74) is 5.90. The second-order valence-corrected chi connectivity index (χ2v) is 4.37. The number of carbonyl (C=O) groups excluding carboxylic acids is 1. The minimum Gasteiger partial charge on any atom is -0.342 e. The Morgan fingerprint density at radius 3 is 2.86 bits per heavy atom. The summed E-state index contributed by atoms with van der Waals surface area (Å²) in [4.78, 5) is 13.7. The van der Waals surface area contributed by atoms with E-state index in [1.54, 1.807) is 0 Å². The van der Waals surface area contributed by atoms with Crippen LogP contribution in [0.15, 0.2) is 0 Å². The molecule has 0 aliphatic carbocycles. The molecule has 1 aliphatic rings. The van der Waals surface area contributed by atoms with E-state index in [-0.39, 0.29) is 6.04 Å². The summed E-state index contributed by atoms with van der Waals surface area (Å²) < 4.78 is 0. The number of unbranched alkanes of at least 4 members (excludes halogenated alkanes) is 1. The summed E-state index contributed by atoms with van der Waals surface area (Å²) in [6.45, 7) is 5.95. The van der Waals surface area contributed by atoms with Crippen molar-refractivity contribution in [3.8, 4) is 0 Å². The SMILES string of the molecule is CCCCC(=O)N1CCC(N)C(C)C1. The smallest absolute Gasteiger partial charge is 0.222 e. The molecule has 0 bridgehead atoms. The van der Waals surface area contributed by atoms with Gasteiger partial charge in [-0.2, -0.15) is 0 Å². The average molecular weight is 198 g/mol. The summed E-state index contributed by atoms with van der Waals surface area (Å²) in [7, 11) is 0. The fourth-order valence-corrected chi connectivity index (χ4v) is 1.88. The van der Waals surface area contributed by atoms with Crippen LogP contribution in [-0.4, -0.2) is 29.9 Å². The Hall–Kier alpha value is -0.570. The van der Waals surface area contributed by atoms with Crippen molar-refractivity contribution in [3.05, 3.63) is 0 Å². The molecule has 14 heavy (non-hydrogen) atoms. The Labute approximate surface area is 86.6 Å². The number of likely N-dealkylation sites (tertiary alicyclic amines) is 1. The molecule has 82 valence electrons. The molecule has 0 radical (unpaired) electrons. The summed E-state index contributed by atoms with van der Waals surface area (Å²) in [5.74, 6) is 0.764. The number of piperidine rings is 1. The molecule has 0 aromatic rings. The molecule has 3 heteroatoms. The van der Waals surface area contributed by atoms with Gasteiger partial charge in [0.25, 0.3) is 0 Å². The van der Waals surface area contributed by atoms with E-state index in [0.717, 1.165) is 32.4 Å². The molecular weight excluding hydrogens is 176 g/mol. The first-order chi connectivity index (χ1) is 6.65. The molecule has 1 fully saturated rings. The minimum atomic E-state index is 0.283. The van der Waals surface area contributed by atoms with Gasteiger partial charge in [0, 0.05) is 25.6 Å². The second kappa shape index (κ2) is 5.35. The zero-order chi connectivity index (χ0) is 10.6. The Kier molecular flexibility index (Phi) is 4.39. The van der Waals surface area contributed by atoms with Crippen LogP contribution in [0.1, 0.15) is 39.5 Å². The molecule has 0 spiro atoms. The van der Waals surface area contributed by atoms with Gasteiger partial charge in [0.2, 0.25) is 5.91 Å². The van der Waals surface area contributed by atoms with Crippen molar-refractivity contribution in [1.82, 2.24) is 4.90 Å². The van der Waals surface area contributed by atoms with Crippen LogP contribution in [0.4, 0.5) is 0 Å². The molecule has 1 heterocycles. The van der Waals surface area contributed by atoms with Crippen LogP contribution in [0.5, 0.6) is 0 Å². The first-order valence-corrected chi connectivity index (χ1v) is 5.68. The van der Waals surface area contributed by atoms with Gasteiger partial charge in [-0.25, -0.2) is 0 Å². The number of amides is 1. The van der Waals surface area contributed by atoms with Crippen LogP contribution in [0.3, 0.4) is 0 Å². The lowest BCUT2D eigenvalue weighted by atomic mass is 9.94. The van der Waals surface area contributed by atoms with E-state index in [1.807, 2.05) is 4.90 Å². The quantitative estimate of drug-likeness (QED) is 0.744. The van der Waals surface area contributed by atoms with Crippen LogP contribution >= 0.6 is 0 Å². The number of carbonyl (C=O) groups is 1. The van der Waals surface area contributed by atoms with Crippen molar-refractivity contribution in [2.75, 3.05) is 13.1 Å². The van der Waals surface area contributed by atoms with Crippen LogP contribution in [-0.2, 0) is 4.79 Å². The van der Waals surface area contributed by atoms with Crippen molar-refractivity contribution < 1.29 is 4.79 Å². The molecule has 1 rings (SSSR count). The third kappa shape index (κ3) is 2.98. The van der Waals surface area contributed by atoms with Crippen LogP contribution < -0.4 is 5.73 Å². The third-order valence-electron chi connectivity index (χ3n) is 3.07. The molecular formula is C11H22N2O. The van der Waals surface area contributed by atoms with Crippen molar-refractivity contribution in [3.63, 3.8) is 0 Å². The largest absolute Gasteiger partial charge is 0.342 e. The molecule has 1 aliphatic heterocycles. The Bertz CT molecular complexity index is 194. The van der Waals surface area contributed by atoms with Gasteiger partial charge < -0.3 is 10.6 Å². The van der Waals surface area contributed by atoms with E-state index in [1.165, 1.54) is 0 Å². The van der Waals surface area contributed by atoms with Gasteiger partial charge in [-0.05, 0) is 18.8 Å². The lowest BCUT2D eigenvalue weighted by Crippen LogP contribution is -2.48. The normalized spacial score (nSPS) is 27.8. The zero-order valence-corrected chi connectivity index (χ0v) is 9.33. The van der Waals surface area contributed by atoms with Crippen molar-refractivity contribution in [1.29, 1.82) is 0 Å². The topological polar surface area (TPSA) is 46.3 Å². The maximum atomic E-state index is 11.7. The monoisotopic (exact) mass is 198 g/mol. The third-order valence-corrected chi connectivity index (χ3v) is 3.07. The first kappa shape index (κ1) is 11.5. The van der Waals surface area contributed by atoms with Gasteiger partial charge in [-0.1, -0.05) is 20.3 Å². The van der Waals surface area contributed by atoms with E-state index >= 15 is 0 Å². The summed E-state index contributed by atoms with van der Waals surface area (Å²) in [6, 6.07) is 0.283. The van der Waals surface area contributed by atoms with Gasteiger partial charge in [-0.3, -0.25) is 4.79 Å². The standard InChI is InChI=1S/C11H22N2O/c1-3-4-5-11(14)13-7-6-10(12)9(2)8-13/h9-10H,3-8,12H2,1-2H3. The number of nitrogens with zero attached hydrogens (tertiary/aromatic N) is 1. The highest BCUT2D eigenvalue weighted by Gasteiger charge is 2.25. The highest BCUT2D eigenvalue weighted by Crippen LogP contribution is 2.16. The van der Waals surface area contributed by atoms with Gasteiger partial charge in [0.15, 0.2) is 0 Å². The molecule has 2 N–H and O–H groups in total. The lowest BCUT2D eigenvalue weighted by Gasteiger charge is -2.35. The van der Waals surface area contributed by atoms with Crippen LogP contribution in [0, 0.1) is 5.92 Å². The average Bonchev–Trinajstić information content (AvgIpc) is 2.18. The predicted octanol–water partition coefficient (Wildman–Crippen LogP) is 1.37. The van der Waals surface area contributed by atoms with Crippen LogP contribution in [0.25, 0.3) is 0 Å². The van der Waals surface area contributed by atoms with Crippen molar-refractivity contribution >= 4 is 5.91 Å². The zero-order valence-electron chi connectivity index (χ0n) is 9.33. The minimum absolute atomic E-state index is 0.283. The Balaban J connectivity index is 2.34. The first-order valence-electron chi connectivity index (χ1n) is 5.68. The number of rotatable bonds is 3. The predicted molar refractivity (Wildman–Crippen MR) is 57.9 cm³/mol. The number of nitrogens with two attached hydrogens (primary N) is 1. The molecule has 0 saturated carbocycles. The van der Waals surface area contributed by atoms with Gasteiger partial charge in [-0.15, -0.1) is 0 Å². The van der Waals surface area contributed by atoms with Crippen molar-refractivity contribution in [2.24, 2.45) is 11.7 Å². The van der Waals surface area contributed by atoms with Crippen molar-refractivity contribution in [2.45, 2.75) is 45.6 Å². The molecule has 2 atom stereocenters. The van der Waals surface area contributed by atoms with E-state index < -0.39 is 0 Å². The number of hydrogen-bond acceptors (Lipinski definition) is 2. The maximum absolute atomic E-state index is 11.7. The van der Waals surface area contributed by atoms with Gasteiger partial charge >= 0.3 is 0 Å².